The second-order valence-electron chi connectivity index (χ2n) is 10.7. The van der Waals surface area contributed by atoms with Gasteiger partial charge in [-0.1, -0.05) is 31.3 Å². The second kappa shape index (κ2) is 13.0. The third kappa shape index (κ3) is 6.99. The third-order valence-corrected chi connectivity index (χ3v) is 8.77. The molecule has 0 radical (unpaired) electrons. The molecule has 218 valence electrons. The van der Waals surface area contributed by atoms with Crippen LogP contribution in [0.1, 0.15) is 44.7 Å². The van der Waals surface area contributed by atoms with Crippen LogP contribution in [0.15, 0.2) is 54.9 Å². The summed E-state index contributed by atoms with van der Waals surface area (Å²) < 4.78 is 21.9. The summed E-state index contributed by atoms with van der Waals surface area (Å²) in [7, 11) is 0. The van der Waals surface area contributed by atoms with Crippen LogP contribution in [0, 0.1) is 11.7 Å². The molecular formula is C32H33FN4O3S2. The van der Waals surface area contributed by atoms with E-state index in [-0.39, 0.29) is 17.6 Å². The number of thiocarbonyl (C=S) groups is 1. The Hall–Kier alpha value is -3.76. The molecule has 0 spiro atoms. The highest BCUT2D eigenvalue weighted by Crippen LogP contribution is 2.39. The summed E-state index contributed by atoms with van der Waals surface area (Å²) in [4.78, 5) is 37.8. The first kappa shape index (κ1) is 29.7. The highest BCUT2D eigenvalue weighted by Gasteiger charge is 2.29. The smallest absolute Gasteiger partial charge is 0.219 e. The van der Waals surface area contributed by atoms with Crippen LogP contribution in [0.3, 0.4) is 0 Å². The molecule has 0 aliphatic carbocycles. The molecule has 5 rings (SSSR count). The number of amides is 2. The number of carbonyl (C=O) groups is 2. The molecule has 0 bridgehead atoms. The van der Waals surface area contributed by atoms with E-state index in [4.69, 9.17) is 17.0 Å². The standard InChI is InChI=1S/C32H33FN4O3S2/c1-4-11-36(20(2)38)17-23-5-7-27(35-16-23)31-15-28-32(42-31)30(9-10-34-28)40-29-8-6-22(14-26(29)33)12-25(41)13-24-18-37(19-24)21(3)39/h5-10,14-16,24H,4,11-13,17-19H2,1-3H3. The summed E-state index contributed by atoms with van der Waals surface area (Å²) in [5, 5.41) is 0. The lowest BCUT2D eigenvalue weighted by Gasteiger charge is -2.38. The monoisotopic (exact) mass is 604 g/mol. The SMILES string of the molecule is CCCN(Cc1ccc(-c2cc3nccc(Oc4ccc(CC(=S)CC5CN(C(C)=O)C5)cc4F)c3s2)nc1)C(C)=O. The first-order valence-electron chi connectivity index (χ1n) is 14.0. The van der Waals surface area contributed by atoms with Gasteiger partial charge in [-0.25, -0.2) is 4.39 Å². The highest BCUT2D eigenvalue weighted by atomic mass is 32.1. The van der Waals surface area contributed by atoms with Crippen molar-refractivity contribution in [2.24, 2.45) is 5.92 Å². The molecule has 0 saturated carbocycles. The van der Waals surface area contributed by atoms with Gasteiger partial charge in [-0.2, -0.15) is 0 Å². The van der Waals surface area contributed by atoms with E-state index in [2.05, 4.69) is 9.97 Å². The molecule has 0 N–H and O–H groups in total. The normalized spacial score (nSPS) is 13.2. The Morgan fingerprint density at radius 1 is 1.10 bits per heavy atom. The van der Waals surface area contributed by atoms with E-state index in [0.29, 0.717) is 31.2 Å². The fourth-order valence-electron chi connectivity index (χ4n) is 5.06. The summed E-state index contributed by atoms with van der Waals surface area (Å²) in [6.07, 6.45) is 5.60. The van der Waals surface area contributed by atoms with E-state index in [0.717, 1.165) is 62.7 Å². The van der Waals surface area contributed by atoms with E-state index < -0.39 is 5.82 Å². The fraction of sp³-hybridized carbons (Fsp3) is 0.344. The molecule has 10 heteroatoms. The van der Waals surface area contributed by atoms with Crippen molar-refractivity contribution in [3.8, 4) is 22.1 Å². The van der Waals surface area contributed by atoms with Crippen LogP contribution in [-0.2, 0) is 22.6 Å². The minimum atomic E-state index is -0.455. The van der Waals surface area contributed by atoms with Gasteiger partial charge in [0.05, 0.1) is 20.8 Å². The van der Waals surface area contributed by atoms with Crippen LogP contribution < -0.4 is 4.74 Å². The number of carbonyl (C=O) groups excluding carboxylic acids is 2. The molecule has 1 aromatic carbocycles. The number of hydrogen-bond donors (Lipinski definition) is 0. The Morgan fingerprint density at radius 2 is 1.88 bits per heavy atom. The molecule has 7 nitrogen and oxygen atoms in total. The van der Waals surface area contributed by atoms with Gasteiger partial charge >= 0.3 is 0 Å². The molecule has 3 aromatic heterocycles. The number of pyridine rings is 2. The van der Waals surface area contributed by atoms with Gasteiger partial charge < -0.3 is 14.5 Å². The second-order valence-corrected chi connectivity index (χ2v) is 12.3. The minimum Gasteiger partial charge on any atom is -0.453 e. The van der Waals surface area contributed by atoms with Crippen molar-refractivity contribution in [2.75, 3.05) is 19.6 Å². The van der Waals surface area contributed by atoms with Crippen LogP contribution >= 0.6 is 23.6 Å². The average Bonchev–Trinajstić information content (AvgIpc) is 3.37. The molecule has 1 fully saturated rings. The molecule has 42 heavy (non-hydrogen) atoms. The van der Waals surface area contributed by atoms with Crippen LogP contribution in [0.25, 0.3) is 20.8 Å². The molecule has 2 amide bonds. The predicted molar refractivity (Wildman–Crippen MR) is 167 cm³/mol. The summed E-state index contributed by atoms with van der Waals surface area (Å²) in [6.45, 7) is 7.92. The van der Waals surface area contributed by atoms with E-state index in [1.807, 2.05) is 36.1 Å². The number of nitrogens with zero attached hydrogens (tertiary/aromatic N) is 4. The van der Waals surface area contributed by atoms with Gasteiger partial charge in [0.1, 0.15) is 5.75 Å². The van der Waals surface area contributed by atoms with Gasteiger partial charge in [0, 0.05) is 64.9 Å². The number of fused-ring (bicyclic) bond motifs is 1. The van der Waals surface area contributed by atoms with Crippen molar-refractivity contribution in [3.05, 3.63) is 71.8 Å². The number of ether oxygens (including phenoxy) is 1. The minimum absolute atomic E-state index is 0.0470. The number of benzene rings is 1. The Kier molecular flexibility index (Phi) is 9.23. The highest BCUT2D eigenvalue weighted by molar-refractivity contribution is 7.80. The lowest BCUT2D eigenvalue weighted by atomic mass is 9.92. The van der Waals surface area contributed by atoms with E-state index in [1.165, 1.54) is 17.4 Å². The van der Waals surface area contributed by atoms with Gasteiger partial charge in [-0.05, 0) is 59.0 Å². The zero-order valence-corrected chi connectivity index (χ0v) is 25.6. The number of thiophene rings is 1. The van der Waals surface area contributed by atoms with Crippen LogP contribution in [0.5, 0.6) is 11.5 Å². The molecule has 0 unspecified atom stereocenters. The Labute approximate surface area is 254 Å². The lowest BCUT2D eigenvalue weighted by Crippen LogP contribution is -2.49. The maximum Gasteiger partial charge on any atom is 0.219 e. The van der Waals surface area contributed by atoms with Crippen molar-refractivity contribution >= 4 is 50.5 Å². The first-order chi connectivity index (χ1) is 20.2. The topological polar surface area (TPSA) is 75.6 Å². The van der Waals surface area contributed by atoms with Gasteiger partial charge in [0.2, 0.25) is 11.8 Å². The lowest BCUT2D eigenvalue weighted by molar-refractivity contribution is -0.134. The number of halogens is 1. The molecule has 0 atom stereocenters. The van der Waals surface area contributed by atoms with Gasteiger partial charge in [-0.3, -0.25) is 19.6 Å². The molecule has 1 saturated heterocycles. The van der Waals surface area contributed by atoms with Gasteiger partial charge in [0.15, 0.2) is 11.6 Å². The Balaban J connectivity index is 1.25. The number of rotatable bonds is 11. The van der Waals surface area contributed by atoms with E-state index in [1.54, 1.807) is 43.3 Å². The first-order valence-corrected chi connectivity index (χ1v) is 15.3. The van der Waals surface area contributed by atoms with Crippen molar-refractivity contribution < 1.29 is 18.7 Å². The summed E-state index contributed by atoms with van der Waals surface area (Å²) in [5.41, 5.74) is 3.29. The summed E-state index contributed by atoms with van der Waals surface area (Å²) in [5.74, 6) is 0.718. The van der Waals surface area contributed by atoms with Crippen molar-refractivity contribution in [3.63, 3.8) is 0 Å². The Morgan fingerprint density at radius 3 is 2.55 bits per heavy atom. The van der Waals surface area contributed by atoms with Crippen molar-refractivity contribution in [1.82, 2.24) is 19.8 Å². The molecule has 4 heterocycles. The molecule has 4 aromatic rings. The summed E-state index contributed by atoms with van der Waals surface area (Å²) in [6, 6.07) is 12.6. The molecule has 1 aliphatic rings. The van der Waals surface area contributed by atoms with Gasteiger partial charge in [-0.15, -0.1) is 11.3 Å². The van der Waals surface area contributed by atoms with Crippen LogP contribution in [-0.4, -0.2) is 56.1 Å². The van der Waals surface area contributed by atoms with Gasteiger partial charge in [0.25, 0.3) is 0 Å². The number of hydrogen-bond acceptors (Lipinski definition) is 7. The third-order valence-electron chi connectivity index (χ3n) is 7.30. The Bertz CT molecular complexity index is 1620. The zero-order chi connectivity index (χ0) is 29.8. The van der Waals surface area contributed by atoms with Crippen molar-refractivity contribution in [1.29, 1.82) is 0 Å². The largest absolute Gasteiger partial charge is 0.453 e. The van der Waals surface area contributed by atoms with Crippen LogP contribution in [0.2, 0.25) is 0 Å². The van der Waals surface area contributed by atoms with E-state index >= 15 is 4.39 Å². The van der Waals surface area contributed by atoms with Crippen molar-refractivity contribution in [2.45, 2.75) is 46.6 Å². The fourth-order valence-corrected chi connectivity index (χ4v) is 6.50. The number of aromatic nitrogens is 2. The van der Waals surface area contributed by atoms with Crippen LogP contribution in [0.4, 0.5) is 4.39 Å². The quantitative estimate of drug-likeness (QED) is 0.175. The maximum atomic E-state index is 15.1. The number of likely N-dealkylation sites (tertiary alicyclic amines) is 1. The molecule has 1 aliphatic heterocycles. The van der Waals surface area contributed by atoms with E-state index in [9.17, 15) is 9.59 Å². The molecular weight excluding hydrogens is 572 g/mol. The average molecular weight is 605 g/mol. The maximum absolute atomic E-state index is 15.1. The zero-order valence-electron chi connectivity index (χ0n) is 23.9. The summed E-state index contributed by atoms with van der Waals surface area (Å²) >= 11 is 7.04. The predicted octanol–water partition coefficient (Wildman–Crippen LogP) is 6.83.